The molecule has 0 bridgehead atoms. The number of rotatable bonds is 7. The number of anilines is 1. The van der Waals surface area contributed by atoms with E-state index >= 15 is 0 Å². The smallest absolute Gasteiger partial charge is 0.253 e. The average Bonchev–Trinajstić information content (AvgIpc) is 2.38. The fourth-order valence-electron chi connectivity index (χ4n) is 1.66. The van der Waals surface area contributed by atoms with Gasteiger partial charge in [0.25, 0.3) is 5.91 Å². The molecule has 1 aromatic rings. The van der Waals surface area contributed by atoms with Crippen molar-refractivity contribution in [3.05, 3.63) is 24.0 Å². The van der Waals surface area contributed by atoms with E-state index in [0.29, 0.717) is 23.8 Å². The van der Waals surface area contributed by atoms with Gasteiger partial charge in [-0.3, -0.25) is 9.78 Å². The highest BCUT2D eigenvalue weighted by molar-refractivity contribution is 5.98. The van der Waals surface area contributed by atoms with Crippen LogP contribution in [0.3, 0.4) is 0 Å². The van der Waals surface area contributed by atoms with Crippen LogP contribution in [0.5, 0.6) is 0 Å². The number of carbonyl (C=O) groups is 1. The number of pyridine rings is 1. The Bertz CT molecular complexity index is 406. The molecule has 0 radical (unpaired) electrons. The molecular formula is C14H24N4O. The quantitative estimate of drug-likeness (QED) is 0.732. The lowest BCUT2D eigenvalue weighted by Crippen LogP contribution is -2.29. The van der Waals surface area contributed by atoms with Crippen molar-refractivity contribution in [1.29, 1.82) is 0 Å². The van der Waals surface area contributed by atoms with Crippen molar-refractivity contribution in [2.45, 2.75) is 32.7 Å². The molecule has 19 heavy (non-hydrogen) atoms. The van der Waals surface area contributed by atoms with Crippen LogP contribution in [0.25, 0.3) is 0 Å². The van der Waals surface area contributed by atoms with Crippen molar-refractivity contribution in [1.82, 2.24) is 15.2 Å². The van der Waals surface area contributed by atoms with E-state index in [1.54, 1.807) is 12.3 Å². The van der Waals surface area contributed by atoms with E-state index in [2.05, 4.69) is 36.1 Å². The van der Waals surface area contributed by atoms with E-state index < -0.39 is 0 Å². The second-order valence-corrected chi connectivity index (χ2v) is 5.00. The third-order valence-corrected chi connectivity index (χ3v) is 3.20. The monoisotopic (exact) mass is 264 g/mol. The van der Waals surface area contributed by atoms with Crippen LogP contribution in [0.2, 0.25) is 0 Å². The number of unbranched alkanes of at least 4 members (excludes halogenated alkanes) is 1. The van der Waals surface area contributed by atoms with Crippen molar-refractivity contribution in [2.75, 3.05) is 25.9 Å². The van der Waals surface area contributed by atoms with E-state index in [1.807, 2.05) is 0 Å². The number of nitrogen functional groups attached to an aromatic ring is 1. The van der Waals surface area contributed by atoms with Gasteiger partial charge in [0.05, 0.1) is 17.4 Å². The Morgan fingerprint density at radius 2 is 2.21 bits per heavy atom. The molecule has 0 unspecified atom stereocenters. The van der Waals surface area contributed by atoms with Gasteiger partial charge in [-0.1, -0.05) is 0 Å². The lowest BCUT2D eigenvalue weighted by molar-refractivity contribution is 0.0953. The maximum atomic E-state index is 11.8. The van der Waals surface area contributed by atoms with Gasteiger partial charge < -0.3 is 16.0 Å². The molecule has 0 fully saturated rings. The van der Waals surface area contributed by atoms with Gasteiger partial charge in [0.2, 0.25) is 0 Å². The SMILES string of the molecule is CC(C)N(C)CCCCNC(=O)c1ccncc1N. The van der Waals surface area contributed by atoms with Crippen LogP contribution in [-0.2, 0) is 0 Å². The van der Waals surface area contributed by atoms with Gasteiger partial charge in [0, 0.05) is 18.8 Å². The minimum absolute atomic E-state index is 0.128. The Labute approximate surface area is 115 Å². The molecule has 0 spiro atoms. The number of nitrogens with zero attached hydrogens (tertiary/aromatic N) is 2. The normalized spacial score (nSPS) is 11.0. The number of hydrogen-bond donors (Lipinski definition) is 2. The Hall–Kier alpha value is -1.62. The molecule has 106 valence electrons. The number of hydrogen-bond acceptors (Lipinski definition) is 4. The maximum absolute atomic E-state index is 11.8. The summed E-state index contributed by atoms with van der Waals surface area (Å²) in [5.74, 6) is -0.128. The van der Waals surface area contributed by atoms with Crippen LogP contribution in [0.4, 0.5) is 5.69 Å². The Kier molecular flexibility index (Phi) is 6.29. The molecule has 0 aliphatic heterocycles. The van der Waals surface area contributed by atoms with Crippen LogP contribution in [0.1, 0.15) is 37.0 Å². The molecule has 0 atom stereocenters. The van der Waals surface area contributed by atoms with Gasteiger partial charge in [-0.05, 0) is 46.3 Å². The molecular weight excluding hydrogens is 240 g/mol. The first-order chi connectivity index (χ1) is 9.02. The van der Waals surface area contributed by atoms with Crippen molar-refractivity contribution in [3.8, 4) is 0 Å². The number of carbonyl (C=O) groups excluding carboxylic acids is 1. The predicted octanol–water partition coefficient (Wildman–Crippen LogP) is 1.51. The number of nitrogens with two attached hydrogens (primary N) is 1. The van der Waals surface area contributed by atoms with Crippen LogP contribution >= 0.6 is 0 Å². The zero-order valence-corrected chi connectivity index (χ0v) is 12.0. The third kappa shape index (κ3) is 5.26. The fraction of sp³-hybridized carbons (Fsp3) is 0.571. The Balaban J connectivity index is 2.23. The highest BCUT2D eigenvalue weighted by Gasteiger charge is 2.08. The van der Waals surface area contributed by atoms with E-state index in [-0.39, 0.29) is 5.91 Å². The summed E-state index contributed by atoms with van der Waals surface area (Å²) < 4.78 is 0. The summed E-state index contributed by atoms with van der Waals surface area (Å²) in [6, 6.07) is 2.20. The highest BCUT2D eigenvalue weighted by Crippen LogP contribution is 2.07. The maximum Gasteiger partial charge on any atom is 0.253 e. The highest BCUT2D eigenvalue weighted by atomic mass is 16.1. The second-order valence-electron chi connectivity index (χ2n) is 5.00. The molecule has 1 rings (SSSR count). The van der Waals surface area contributed by atoms with Gasteiger partial charge in [-0.15, -0.1) is 0 Å². The van der Waals surface area contributed by atoms with E-state index in [9.17, 15) is 4.79 Å². The van der Waals surface area contributed by atoms with Gasteiger partial charge in [0.15, 0.2) is 0 Å². The molecule has 0 saturated carbocycles. The topological polar surface area (TPSA) is 71.2 Å². The fourth-order valence-corrected chi connectivity index (χ4v) is 1.66. The summed E-state index contributed by atoms with van der Waals surface area (Å²) in [5, 5.41) is 2.88. The predicted molar refractivity (Wildman–Crippen MR) is 78.0 cm³/mol. The van der Waals surface area contributed by atoms with Crippen LogP contribution in [-0.4, -0.2) is 42.0 Å². The molecule has 0 saturated heterocycles. The number of nitrogens with one attached hydrogen (secondary N) is 1. The Morgan fingerprint density at radius 3 is 2.84 bits per heavy atom. The van der Waals surface area contributed by atoms with E-state index in [1.165, 1.54) is 6.20 Å². The zero-order valence-electron chi connectivity index (χ0n) is 12.0. The molecule has 5 heteroatoms. The van der Waals surface area contributed by atoms with Crippen molar-refractivity contribution >= 4 is 11.6 Å². The average molecular weight is 264 g/mol. The third-order valence-electron chi connectivity index (χ3n) is 3.20. The summed E-state index contributed by atoms with van der Waals surface area (Å²) in [7, 11) is 2.11. The lowest BCUT2D eigenvalue weighted by Gasteiger charge is -2.20. The van der Waals surface area contributed by atoms with Crippen LogP contribution in [0, 0.1) is 0 Å². The van der Waals surface area contributed by atoms with Crippen molar-refractivity contribution in [2.24, 2.45) is 0 Å². The van der Waals surface area contributed by atoms with E-state index in [4.69, 9.17) is 5.73 Å². The van der Waals surface area contributed by atoms with E-state index in [0.717, 1.165) is 19.4 Å². The summed E-state index contributed by atoms with van der Waals surface area (Å²) in [5.41, 5.74) is 6.61. The molecule has 1 amide bonds. The number of aromatic nitrogens is 1. The molecule has 0 aromatic carbocycles. The molecule has 1 heterocycles. The summed E-state index contributed by atoms with van der Waals surface area (Å²) in [6.07, 6.45) is 5.10. The largest absolute Gasteiger partial charge is 0.397 e. The molecule has 3 N–H and O–H groups in total. The first kappa shape index (κ1) is 15.4. The minimum atomic E-state index is -0.128. The van der Waals surface area contributed by atoms with Crippen molar-refractivity contribution < 1.29 is 4.79 Å². The summed E-state index contributed by atoms with van der Waals surface area (Å²) in [4.78, 5) is 18.0. The van der Waals surface area contributed by atoms with Gasteiger partial charge in [0.1, 0.15) is 0 Å². The lowest BCUT2D eigenvalue weighted by atomic mass is 10.2. The first-order valence-corrected chi connectivity index (χ1v) is 6.70. The Morgan fingerprint density at radius 1 is 1.47 bits per heavy atom. The van der Waals surface area contributed by atoms with Crippen LogP contribution < -0.4 is 11.1 Å². The standard InChI is InChI=1S/C14H24N4O/c1-11(2)18(3)9-5-4-7-17-14(19)12-6-8-16-10-13(12)15/h6,8,10-11H,4-5,7,9,15H2,1-3H3,(H,17,19). The summed E-state index contributed by atoms with van der Waals surface area (Å²) >= 11 is 0. The van der Waals surface area contributed by atoms with Gasteiger partial charge >= 0.3 is 0 Å². The van der Waals surface area contributed by atoms with Crippen molar-refractivity contribution in [3.63, 3.8) is 0 Å². The first-order valence-electron chi connectivity index (χ1n) is 6.70. The van der Waals surface area contributed by atoms with Gasteiger partial charge in [-0.25, -0.2) is 0 Å². The van der Waals surface area contributed by atoms with Gasteiger partial charge in [-0.2, -0.15) is 0 Å². The zero-order chi connectivity index (χ0) is 14.3. The van der Waals surface area contributed by atoms with Crippen LogP contribution in [0.15, 0.2) is 18.5 Å². The number of amides is 1. The summed E-state index contributed by atoms with van der Waals surface area (Å²) in [6.45, 7) is 6.07. The molecule has 0 aliphatic carbocycles. The minimum Gasteiger partial charge on any atom is -0.397 e. The second kappa shape index (κ2) is 7.74. The molecule has 0 aliphatic rings. The molecule has 5 nitrogen and oxygen atoms in total. The molecule has 1 aromatic heterocycles.